The summed E-state index contributed by atoms with van der Waals surface area (Å²) in [5, 5.41) is 4.11. The first-order valence-corrected chi connectivity index (χ1v) is 5.23. The van der Waals surface area contributed by atoms with Crippen molar-refractivity contribution in [3.05, 3.63) is 11.6 Å². The van der Waals surface area contributed by atoms with Crippen molar-refractivity contribution in [1.29, 1.82) is 0 Å². The third-order valence-corrected chi connectivity index (χ3v) is 2.80. The molecule has 5 nitrogen and oxygen atoms in total. The fraction of sp³-hybridized carbons (Fsp3) is 0.500. The Morgan fingerprint density at radius 3 is 2.60 bits per heavy atom. The lowest BCUT2D eigenvalue weighted by Crippen LogP contribution is -2.09. The Labute approximate surface area is 88.9 Å². The highest BCUT2D eigenvalue weighted by molar-refractivity contribution is 5.71. The third kappa shape index (κ3) is 1.91. The van der Waals surface area contributed by atoms with Gasteiger partial charge in [0.2, 0.25) is 0 Å². The highest BCUT2D eigenvalue weighted by Gasteiger charge is 2.12. The molecule has 0 bridgehead atoms. The van der Waals surface area contributed by atoms with Crippen molar-refractivity contribution in [2.75, 3.05) is 17.2 Å². The first-order valence-electron chi connectivity index (χ1n) is 5.23. The van der Waals surface area contributed by atoms with Crippen molar-refractivity contribution in [3.8, 4) is 0 Å². The van der Waals surface area contributed by atoms with Crippen LogP contribution >= 0.6 is 0 Å². The predicted molar refractivity (Wildman–Crippen MR) is 62.0 cm³/mol. The molecular weight excluding hydrogens is 190 g/mol. The number of allylic oxidation sites excluding steroid dienone is 2. The molecule has 1 aliphatic rings. The van der Waals surface area contributed by atoms with Gasteiger partial charge in [0.1, 0.15) is 11.5 Å². The van der Waals surface area contributed by atoms with E-state index in [1.807, 2.05) is 0 Å². The molecule has 6 N–H and O–H groups in total. The maximum atomic E-state index is 5.79. The quantitative estimate of drug-likeness (QED) is 0.633. The van der Waals surface area contributed by atoms with E-state index in [2.05, 4.69) is 11.2 Å². The topological polar surface area (TPSA) is 95.9 Å². The summed E-state index contributed by atoms with van der Waals surface area (Å²) in [5.41, 5.74) is 18.8. The number of hydrogen-bond donors (Lipinski definition) is 3. The molecule has 0 fully saturated rings. The van der Waals surface area contributed by atoms with Gasteiger partial charge in [-0.1, -0.05) is 11.6 Å². The Morgan fingerprint density at radius 2 is 2.07 bits per heavy atom. The SMILES string of the molecule is Nc1nn(CC2=CCCCC2)c(N)c1N. The van der Waals surface area contributed by atoms with Crippen LogP contribution in [0.25, 0.3) is 0 Å². The normalized spacial score (nSPS) is 16.4. The molecule has 1 aromatic heterocycles. The van der Waals surface area contributed by atoms with E-state index in [9.17, 15) is 0 Å². The molecule has 1 heterocycles. The lowest BCUT2D eigenvalue weighted by molar-refractivity contribution is 0.614. The van der Waals surface area contributed by atoms with Gasteiger partial charge in [-0.05, 0) is 25.7 Å². The average Bonchev–Trinajstić information content (AvgIpc) is 2.48. The summed E-state index contributed by atoms with van der Waals surface area (Å²) in [4.78, 5) is 0. The molecular formula is C10H17N5. The van der Waals surface area contributed by atoms with Crippen LogP contribution in [0, 0.1) is 0 Å². The largest absolute Gasteiger partial charge is 0.393 e. The summed E-state index contributed by atoms with van der Waals surface area (Å²) in [6.07, 6.45) is 7.07. The summed E-state index contributed by atoms with van der Waals surface area (Å²) in [5.74, 6) is 0.794. The number of nitrogen functional groups attached to an aromatic ring is 3. The number of aromatic nitrogens is 2. The maximum absolute atomic E-state index is 5.79. The second kappa shape index (κ2) is 3.84. The van der Waals surface area contributed by atoms with Gasteiger partial charge >= 0.3 is 0 Å². The summed E-state index contributed by atoms with van der Waals surface area (Å²) in [7, 11) is 0. The van der Waals surface area contributed by atoms with Gasteiger partial charge in [0.25, 0.3) is 0 Å². The molecule has 15 heavy (non-hydrogen) atoms. The minimum Gasteiger partial charge on any atom is -0.393 e. The number of rotatable bonds is 2. The summed E-state index contributed by atoms with van der Waals surface area (Å²) in [6.45, 7) is 0.716. The first kappa shape index (κ1) is 9.89. The van der Waals surface area contributed by atoms with Gasteiger partial charge in [-0.15, -0.1) is 0 Å². The fourth-order valence-corrected chi connectivity index (χ4v) is 1.87. The summed E-state index contributed by atoms with van der Waals surface area (Å²) < 4.78 is 1.68. The van der Waals surface area contributed by atoms with E-state index in [0.29, 0.717) is 23.9 Å². The van der Waals surface area contributed by atoms with Gasteiger partial charge in [-0.2, -0.15) is 5.10 Å². The van der Waals surface area contributed by atoms with Crippen LogP contribution < -0.4 is 17.2 Å². The molecule has 0 radical (unpaired) electrons. The van der Waals surface area contributed by atoms with E-state index in [0.717, 1.165) is 12.8 Å². The van der Waals surface area contributed by atoms with E-state index < -0.39 is 0 Å². The van der Waals surface area contributed by atoms with Gasteiger partial charge in [0.05, 0.1) is 6.54 Å². The number of hydrogen-bond acceptors (Lipinski definition) is 4. The van der Waals surface area contributed by atoms with Crippen molar-refractivity contribution in [1.82, 2.24) is 9.78 Å². The summed E-state index contributed by atoms with van der Waals surface area (Å²) >= 11 is 0. The fourth-order valence-electron chi connectivity index (χ4n) is 1.87. The van der Waals surface area contributed by atoms with Gasteiger partial charge in [0, 0.05) is 0 Å². The van der Waals surface area contributed by atoms with Crippen molar-refractivity contribution in [2.45, 2.75) is 32.2 Å². The van der Waals surface area contributed by atoms with E-state index in [4.69, 9.17) is 17.2 Å². The van der Waals surface area contributed by atoms with Gasteiger partial charge in [0.15, 0.2) is 5.82 Å². The van der Waals surface area contributed by atoms with Crippen LogP contribution in [-0.4, -0.2) is 9.78 Å². The maximum Gasteiger partial charge on any atom is 0.171 e. The van der Waals surface area contributed by atoms with Crippen LogP contribution in [0.1, 0.15) is 25.7 Å². The molecule has 0 saturated carbocycles. The first-order chi connectivity index (χ1) is 7.18. The Morgan fingerprint density at radius 1 is 1.27 bits per heavy atom. The molecule has 1 aromatic rings. The Kier molecular flexibility index (Phi) is 2.53. The lowest BCUT2D eigenvalue weighted by Gasteiger charge is -2.13. The zero-order chi connectivity index (χ0) is 10.8. The zero-order valence-corrected chi connectivity index (χ0v) is 8.74. The summed E-state index contributed by atoms with van der Waals surface area (Å²) in [6, 6.07) is 0. The van der Waals surface area contributed by atoms with Crippen LogP contribution in [0.4, 0.5) is 17.3 Å². The minimum absolute atomic E-state index is 0.323. The second-order valence-corrected chi connectivity index (χ2v) is 3.95. The van der Waals surface area contributed by atoms with Crippen LogP contribution in [0.3, 0.4) is 0 Å². The highest BCUT2D eigenvalue weighted by Crippen LogP contribution is 2.24. The molecule has 0 saturated heterocycles. The van der Waals surface area contributed by atoms with Gasteiger partial charge in [-0.25, -0.2) is 4.68 Å². The molecule has 0 amide bonds. The molecule has 0 unspecified atom stereocenters. The van der Waals surface area contributed by atoms with Gasteiger partial charge < -0.3 is 17.2 Å². The third-order valence-electron chi connectivity index (χ3n) is 2.80. The molecule has 0 spiro atoms. The Balaban J connectivity index is 2.16. The molecule has 0 atom stereocenters. The van der Waals surface area contributed by atoms with Crippen molar-refractivity contribution in [3.63, 3.8) is 0 Å². The van der Waals surface area contributed by atoms with Crippen LogP contribution in [0.2, 0.25) is 0 Å². The molecule has 0 aliphatic heterocycles. The Bertz CT molecular complexity index is 391. The number of nitrogens with two attached hydrogens (primary N) is 3. The molecule has 2 rings (SSSR count). The highest BCUT2D eigenvalue weighted by atomic mass is 15.3. The van der Waals surface area contributed by atoms with E-state index in [-0.39, 0.29) is 0 Å². The van der Waals surface area contributed by atoms with Crippen molar-refractivity contribution in [2.24, 2.45) is 0 Å². The van der Waals surface area contributed by atoms with Crippen LogP contribution in [0.15, 0.2) is 11.6 Å². The van der Waals surface area contributed by atoms with E-state index in [1.54, 1.807) is 4.68 Å². The van der Waals surface area contributed by atoms with Crippen LogP contribution in [-0.2, 0) is 6.54 Å². The average molecular weight is 207 g/mol. The smallest absolute Gasteiger partial charge is 0.171 e. The van der Waals surface area contributed by atoms with Crippen molar-refractivity contribution < 1.29 is 0 Å². The number of anilines is 3. The predicted octanol–water partition coefficient (Wildman–Crippen LogP) is 1.13. The lowest BCUT2D eigenvalue weighted by atomic mass is 10.00. The number of nitrogens with zero attached hydrogens (tertiary/aromatic N) is 2. The van der Waals surface area contributed by atoms with E-state index >= 15 is 0 Å². The zero-order valence-electron chi connectivity index (χ0n) is 8.74. The molecule has 1 aliphatic carbocycles. The molecule has 0 aromatic carbocycles. The Hall–Kier alpha value is -1.65. The van der Waals surface area contributed by atoms with Gasteiger partial charge in [-0.3, -0.25) is 0 Å². The monoisotopic (exact) mass is 207 g/mol. The van der Waals surface area contributed by atoms with Crippen molar-refractivity contribution >= 4 is 17.3 Å². The molecule has 5 heteroatoms. The standard InChI is InChI=1S/C10H17N5/c11-8-9(12)14-15(10(8)13)6-7-4-2-1-3-5-7/h4H,1-3,5-6,11,13H2,(H2,12,14). The van der Waals surface area contributed by atoms with Crippen LogP contribution in [0.5, 0.6) is 0 Å². The van der Waals surface area contributed by atoms with E-state index in [1.165, 1.54) is 18.4 Å². The second-order valence-electron chi connectivity index (χ2n) is 3.95. The molecule has 82 valence electrons. The minimum atomic E-state index is 0.323.